The summed E-state index contributed by atoms with van der Waals surface area (Å²) in [6.07, 6.45) is 1.89. The number of nitrogens with zero attached hydrogens (tertiary/aromatic N) is 2. The highest BCUT2D eigenvalue weighted by molar-refractivity contribution is 7.89. The number of rotatable bonds is 9. The summed E-state index contributed by atoms with van der Waals surface area (Å²) in [7, 11) is -3.78. The van der Waals surface area contributed by atoms with E-state index in [4.69, 9.17) is 31.2 Å². The highest BCUT2D eigenvalue weighted by atomic mass is 35.5. The Labute approximate surface area is 203 Å². The molecule has 1 heterocycles. The molecule has 0 aliphatic carbocycles. The second kappa shape index (κ2) is 10.4. The number of imidazole rings is 1. The van der Waals surface area contributed by atoms with Gasteiger partial charge < -0.3 is 9.47 Å². The maximum Gasteiger partial charge on any atom is 0.238 e. The molecule has 0 aliphatic rings. The molecule has 0 fully saturated rings. The first-order valence-electron chi connectivity index (χ1n) is 10.6. The van der Waals surface area contributed by atoms with Crippen LogP contribution in [0.15, 0.2) is 83.9 Å². The molecule has 34 heavy (non-hydrogen) atoms. The molecule has 0 amide bonds. The van der Waals surface area contributed by atoms with Gasteiger partial charge in [-0.3, -0.25) is 4.57 Å². The zero-order chi connectivity index (χ0) is 24.1. The summed E-state index contributed by atoms with van der Waals surface area (Å²) in [5, 5.41) is 5.85. The van der Waals surface area contributed by atoms with Gasteiger partial charge in [0.1, 0.15) is 11.6 Å². The van der Waals surface area contributed by atoms with Gasteiger partial charge in [-0.05, 0) is 73.2 Å². The third kappa shape index (κ3) is 5.84. The minimum Gasteiger partial charge on any atom is -0.494 e. The fourth-order valence-electron chi connectivity index (χ4n) is 3.42. The molecule has 4 rings (SSSR count). The molecule has 0 aliphatic heterocycles. The lowest BCUT2D eigenvalue weighted by Crippen LogP contribution is -2.11. The Morgan fingerprint density at radius 1 is 0.941 bits per heavy atom. The number of ether oxygens (including phenoxy) is 2. The highest BCUT2D eigenvalue weighted by Gasteiger charge is 2.14. The number of sulfonamides is 1. The van der Waals surface area contributed by atoms with Crippen molar-refractivity contribution in [2.45, 2.75) is 25.0 Å². The van der Waals surface area contributed by atoms with Crippen LogP contribution >= 0.6 is 11.6 Å². The SMILES string of the molecule is CCOc1ccc(COCc2cn(-c3ccc(Cl)cc3)c(-c3ccc(S(N)(=O)=O)cc3)n2)cc1. The van der Waals surface area contributed by atoms with E-state index in [-0.39, 0.29) is 4.90 Å². The summed E-state index contributed by atoms with van der Waals surface area (Å²) in [5.74, 6) is 1.47. The normalized spacial score (nSPS) is 11.5. The molecule has 9 heteroatoms. The fraction of sp³-hybridized carbons (Fsp3) is 0.160. The molecule has 0 unspecified atom stereocenters. The molecular weight excluding hydrogens is 474 g/mol. The minimum absolute atomic E-state index is 0.0414. The van der Waals surface area contributed by atoms with Gasteiger partial charge in [0.25, 0.3) is 0 Å². The van der Waals surface area contributed by atoms with Crippen molar-refractivity contribution in [3.05, 3.63) is 95.3 Å². The van der Waals surface area contributed by atoms with E-state index in [1.807, 2.05) is 54.1 Å². The third-order valence-electron chi connectivity index (χ3n) is 5.05. The van der Waals surface area contributed by atoms with E-state index in [0.29, 0.717) is 30.7 Å². The smallest absolute Gasteiger partial charge is 0.238 e. The summed E-state index contributed by atoms with van der Waals surface area (Å²) in [5.41, 5.74) is 3.35. The quantitative estimate of drug-likeness (QED) is 0.352. The van der Waals surface area contributed by atoms with Crippen molar-refractivity contribution in [3.63, 3.8) is 0 Å². The number of primary sulfonamides is 1. The first kappa shape index (κ1) is 24.0. The number of nitrogens with two attached hydrogens (primary N) is 1. The van der Waals surface area contributed by atoms with Crippen LogP contribution in [0.4, 0.5) is 0 Å². The molecule has 0 bridgehead atoms. The van der Waals surface area contributed by atoms with Crippen molar-refractivity contribution in [1.82, 2.24) is 9.55 Å². The highest BCUT2D eigenvalue weighted by Crippen LogP contribution is 2.26. The van der Waals surface area contributed by atoms with E-state index >= 15 is 0 Å². The summed E-state index contributed by atoms with van der Waals surface area (Å²) in [4.78, 5) is 4.79. The van der Waals surface area contributed by atoms with E-state index in [1.165, 1.54) is 12.1 Å². The number of hydrogen-bond acceptors (Lipinski definition) is 5. The van der Waals surface area contributed by atoms with Crippen molar-refractivity contribution >= 4 is 21.6 Å². The molecule has 0 spiro atoms. The van der Waals surface area contributed by atoms with Gasteiger partial charge in [-0.2, -0.15) is 0 Å². The lowest BCUT2D eigenvalue weighted by molar-refractivity contribution is 0.105. The van der Waals surface area contributed by atoms with Crippen molar-refractivity contribution in [2.24, 2.45) is 5.14 Å². The molecular formula is C25H24ClN3O4S. The zero-order valence-corrected chi connectivity index (χ0v) is 20.1. The van der Waals surface area contributed by atoms with Crippen LogP contribution < -0.4 is 9.88 Å². The van der Waals surface area contributed by atoms with E-state index in [1.54, 1.807) is 24.3 Å². The van der Waals surface area contributed by atoms with Gasteiger partial charge in [0.15, 0.2) is 0 Å². The average Bonchev–Trinajstić information content (AvgIpc) is 3.24. The molecule has 7 nitrogen and oxygen atoms in total. The molecule has 0 saturated heterocycles. The van der Waals surface area contributed by atoms with Gasteiger partial charge in [-0.25, -0.2) is 18.5 Å². The van der Waals surface area contributed by atoms with Gasteiger partial charge in [0.2, 0.25) is 10.0 Å². The lowest BCUT2D eigenvalue weighted by atomic mass is 10.2. The predicted octanol–water partition coefficient (Wildman–Crippen LogP) is 4.96. The second-order valence-electron chi connectivity index (χ2n) is 7.54. The number of benzene rings is 3. The fourth-order valence-corrected chi connectivity index (χ4v) is 4.06. The maximum absolute atomic E-state index is 11.6. The monoisotopic (exact) mass is 497 g/mol. The van der Waals surface area contributed by atoms with Gasteiger partial charge in [-0.15, -0.1) is 0 Å². The van der Waals surface area contributed by atoms with E-state index in [2.05, 4.69) is 0 Å². The van der Waals surface area contributed by atoms with Gasteiger partial charge in [0.05, 0.1) is 30.4 Å². The molecule has 2 N–H and O–H groups in total. The van der Waals surface area contributed by atoms with Crippen LogP contribution in [0.5, 0.6) is 5.75 Å². The minimum atomic E-state index is -3.78. The average molecular weight is 498 g/mol. The van der Waals surface area contributed by atoms with E-state index in [0.717, 1.165) is 28.3 Å². The standard InChI is InChI=1S/C25H24ClN3O4S/c1-2-33-23-11-3-18(4-12-23)16-32-17-21-15-29(22-9-7-20(26)8-10-22)25(28-21)19-5-13-24(14-6-19)34(27,30)31/h3-15H,2,16-17H2,1H3,(H2,27,30,31). The largest absolute Gasteiger partial charge is 0.494 e. The van der Waals surface area contributed by atoms with Crippen molar-refractivity contribution < 1.29 is 17.9 Å². The van der Waals surface area contributed by atoms with Gasteiger partial charge in [0, 0.05) is 22.5 Å². The van der Waals surface area contributed by atoms with Crippen LogP contribution in [0, 0.1) is 0 Å². The molecule has 176 valence electrons. The Bertz CT molecular complexity index is 1350. The number of halogens is 1. The van der Waals surface area contributed by atoms with Crippen molar-refractivity contribution in [2.75, 3.05) is 6.61 Å². The molecule has 1 aromatic heterocycles. The predicted molar refractivity (Wildman–Crippen MR) is 131 cm³/mol. The first-order chi connectivity index (χ1) is 16.3. The Balaban J connectivity index is 1.57. The summed E-state index contributed by atoms with van der Waals surface area (Å²) < 4.78 is 36.5. The topological polar surface area (TPSA) is 96.4 Å². The number of aromatic nitrogens is 2. The number of hydrogen-bond donors (Lipinski definition) is 1. The van der Waals surface area contributed by atoms with Crippen LogP contribution in [0.1, 0.15) is 18.2 Å². The van der Waals surface area contributed by atoms with Crippen LogP contribution in [0.2, 0.25) is 5.02 Å². The van der Waals surface area contributed by atoms with Crippen LogP contribution in [0.3, 0.4) is 0 Å². The van der Waals surface area contributed by atoms with Crippen molar-refractivity contribution in [1.29, 1.82) is 0 Å². The van der Waals surface area contributed by atoms with E-state index in [9.17, 15) is 8.42 Å². The van der Waals surface area contributed by atoms with Gasteiger partial charge in [-0.1, -0.05) is 23.7 Å². The summed E-state index contributed by atoms with van der Waals surface area (Å²) in [6.45, 7) is 3.30. The molecule has 0 radical (unpaired) electrons. The third-order valence-corrected chi connectivity index (χ3v) is 6.24. The Hall–Kier alpha value is -3.17. The zero-order valence-electron chi connectivity index (χ0n) is 18.5. The lowest BCUT2D eigenvalue weighted by Gasteiger charge is -2.08. The maximum atomic E-state index is 11.6. The molecule has 3 aromatic carbocycles. The summed E-state index contributed by atoms with van der Waals surface area (Å²) in [6, 6.07) is 21.4. The van der Waals surface area contributed by atoms with Gasteiger partial charge >= 0.3 is 0 Å². The Morgan fingerprint density at radius 2 is 1.62 bits per heavy atom. The summed E-state index contributed by atoms with van der Waals surface area (Å²) >= 11 is 6.05. The first-order valence-corrected chi connectivity index (χ1v) is 12.5. The molecule has 0 saturated carbocycles. The van der Waals surface area contributed by atoms with Crippen LogP contribution in [-0.4, -0.2) is 24.6 Å². The second-order valence-corrected chi connectivity index (χ2v) is 9.54. The molecule has 4 aromatic rings. The van der Waals surface area contributed by atoms with E-state index < -0.39 is 10.0 Å². The molecule has 0 atom stereocenters. The Morgan fingerprint density at radius 3 is 2.24 bits per heavy atom. The van der Waals surface area contributed by atoms with Crippen LogP contribution in [0.25, 0.3) is 17.1 Å². The van der Waals surface area contributed by atoms with Crippen LogP contribution in [-0.2, 0) is 28.0 Å². The van der Waals surface area contributed by atoms with Crippen molar-refractivity contribution in [3.8, 4) is 22.8 Å². The Kier molecular flexibility index (Phi) is 7.33.